The third-order valence-electron chi connectivity index (χ3n) is 4.49. The average Bonchev–Trinajstić information content (AvgIpc) is 3.25. The van der Waals surface area contributed by atoms with Gasteiger partial charge in [-0.2, -0.15) is 0 Å². The van der Waals surface area contributed by atoms with Crippen LogP contribution in [0.15, 0.2) is 83.3 Å². The molecule has 0 fully saturated rings. The molecule has 0 aliphatic rings. The molecule has 7 heteroatoms. The molecule has 1 atom stereocenters. The predicted molar refractivity (Wildman–Crippen MR) is 111 cm³/mol. The Bertz CT molecular complexity index is 1130. The second kappa shape index (κ2) is 8.88. The maximum absolute atomic E-state index is 13.4. The summed E-state index contributed by atoms with van der Waals surface area (Å²) in [6.45, 7) is 0. The summed E-state index contributed by atoms with van der Waals surface area (Å²) in [6.07, 6.45) is 0.147. The van der Waals surface area contributed by atoms with Gasteiger partial charge in [0.1, 0.15) is 11.9 Å². The fraction of sp³-hybridized carbons (Fsp3) is 0.0870. The SMILES string of the molecule is O=C(Cc1ccc(Cl)cc1)N[C@@H](c1ccc(F)cc1)c1nnc(-c2ccccc2)o1. The number of aromatic nitrogens is 2. The second-order valence-corrected chi connectivity index (χ2v) is 7.10. The lowest BCUT2D eigenvalue weighted by Gasteiger charge is -2.16. The molecule has 0 radical (unpaired) electrons. The topological polar surface area (TPSA) is 68.0 Å². The van der Waals surface area contributed by atoms with Crippen LogP contribution in [-0.4, -0.2) is 16.1 Å². The maximum Gasteiger partial charge on any atom is 0.247 e. The van der Waals surface area contributed by atoms with Crippen LogP contribution in [0.2, 0.25) is 5.02 Å². The number of benzene rings is 3. The van der Waals surface area contributed by atoms with Gasteiger partial charge in [0.15, 0.2) is 0 Å². The van der Waals surface area contributed by atoms with Crippen LogP contribution in [0.3, 0.4) is 0 Å². The molecule has 4 rings (SSSR count). The van der Waals surface area contributed by atoms with Gasteiger partial charge in [-0.1, -0.05) is 54.1 Å². The highest BCUT2D eigenvalue weighted by Gasteiger charge is 2.23. The van der Waals surface area contributed by atoms with E-state index in [1.165, 1.54) is 12.1 Å². The Labute approximate surface area is 177 Å². The van der Waals surface area contributed by atoms with Gasteiger partial charge >= 0.3 is 0 Å². The highest BCUT2D eigenvalue weighted by atomic mass is 35.5. The Morgan fingerprint density at radius 3 is 2.37 bits per heavy atom. The molecule has 0 aliphatic carbocycles. The van der Waals surface area contributed by atoms with Gasteiger partial charge in [-0.15, -0.1) is 10.2 Å². The minimum atomic E-state index is -0.713. The Morgan fingerprint density at radius 1 is 0.967 bits per heavy atom. The van der Waals surface area contributed by atoms with E-state index in [0.717, 1.165) is 11.1 Å². The van der Waals surface area contributed by atoms with Crippen molar-refractivity contribution in [3.05, 3.63) is 107 Å². The fourth-order valence-corrected chi connectivity index (χ4v) is 3.12. The van der Waals surface area contributed by atoms with E-state index in [-0.39, 0.29) is 24.0 Å². The van der Waals surface area contributed by atoms with Crippen LogP contribution in [0.1, 0.15) is 23.1 Å². The molecule has 0 bridgehead atoms. The predicted octanol–water partition coefficient (Wildman–Crippen LogP) is 4.98. The molecule has 0 unspecified atom stereocenters. The smallest absolute Gasteiger partial charge is 0.247 e. The van der Waals surface area contributed by atoms with Crippen LogP contribution in [0, 0.1) is 5.82 Å². The largest absolute Gasteiger partial charge is 0.418 e. The zero-order valence-electron chi connectivity index (χ0n) is 15.8. The summed E-state index contributed by atoms with van der Waals surface area (Å²) in [7, 11) is 0. The van der Waals surface area contributed by atoms with Gasteiger partial charge in [0.05, 0.1) is 6.42 Å². The summed E-state index contributed by atoms with van der Waals surface area (Å²) in [6, 6.07) is 21.4. The standard InChI is InChI=1S/C23H17ClFN3O2/c24-18-10-6-15(7-11-18)14-20(29)26-21(16-8-12-19(25)13-9-16)23-28-27-22(30-23)17-4-2-1-3-5-17/h1-13,21H,14H2,(H,26,29)/t21-/m0/s1. The van der Waals surface area contributed by atoms with Crippen molar-refractivity contribution in [2.75, 3.05) is 0 Å². The van der Waals surface area contributed by atoms with Crippen molar-refractivity contribution in [1.29, 1.82) is 0 Å². The van der Waals surface area contributed by atoms with E-state index >= 15 is 0 Å². The fourth-order valence-electron chi connectivity index (χ4n) is 2.99. The number of hydrogen-bond donors (Lipinski definition) is 1. The molecule has 150 valence electrons. The maximum atomic E-state index is 13.4. The summed E-state index contributed by atoms with van der Waals surface area (Å²) in [4.78, 5) is 12.7. The van der Waals surface area contributed by atoms with E-state index in [1.54, 1.807) is 36.4 Å². The minimum absolute atomic E-state index is 0.147. The normalized spacial score (nSPS) is 11.8. The number of amides is 1. The number of nitrogens with one attached hydrogen (secondary N) is 1. The Kier molecular flexibility index (Phi) is 5.86. The van der Waals surface area contributed by atoms with Crippen LogP contribution < -0.4 is 5.32 Å². The molecule has 0 aliphatic heterocycles. The second-order valence-electron chi connectivity index (χ2n) is 6.67. The van der Waals surface area contributed by atoms with Crippen molar-refractivity contribution in [2.45, 2.75) is 12.5 Å². The van der Waals surface area contributed by atoms with Gasteiger partial charge in [-0.25, -0.2) is 4.39 Å². The van der Waals surface area contributed by atoms with E-state index in [0.29, 0.717) is 16.5 Å². The lowest BCUT2D eigenvalue weighted by atomic mass is 10.1. The summed E-state index contributed by atoms with van der Waals surface area (Å²) in [5, 5.41) is 11.7. The number of rotatable bonds is 6. The van der Waals surface area contributed by atoms with Crippen LogP contribution in [0.4, 0.5) is 4.39 Å². The van der Waals surface area contributed by atoms with Crippen molar-refractivity contribution in [2.24, 2.45) is 0 Å². The van der Waals surface area contributed by atoms with E-state index in [9.17, 15) is 9.18 Å². The molecule has 1 N–H and O–H groups in total. The van der Waals surface area contributed by atoms with Gasteiger partial charge in [0, 0.05) is 10.6 Å². The van der Waals surface area contributed by atoms with Gasteiger partial charge in [-0.05, 0) is 47.5 Å². The van der Waals surface area contributed by atoms with Crippen molar-refractivity contribution in [3.63, 3.8) is 0 Å². The number of nitrogens with zero attached hydrogens (tertiary/aromatic N) is 2. The molecular formula is C23H17ClFN3O2. The van der Waals surface area contributed by atoms with Gasteiger partial charge in [0.2, 0.25) is 17.7 Å². The first-order valence-electron chi connectivity index (χ1n) is 9.26. The molecule has 1 heterocycles. The zero-order chi connectivity index (χ0) is 20.9. The monoisotopic (exact) mass is 421 g/mol. The minimum Gasteiger partial charge on any atom is -0.418 e. The number of carbonyl (C=O) groups is 1. The first-order chi connectivity index (χ1) is 14.6. The van der Waals surface area contributed by atoms with Crippen molar-refractivity contribution in [1.82, 2.24) is 15.5 Å². The lowest BCUT2D eigenvalue weighted by molar-refractivity contribution is -0.121. The molecule has 3 aromatic carbocycles. The van der Waals surface area contributed by atoms with Gasteiger partial charge in [0.25, 0.3) is 0 Å². The Hall–Kier alpha value is -3.51. The summed E-state index contributed by atoms with van der Waals surface area (Å²) in [5.74, 6) is -0.0683. The first-order valence-corrected chi connectivity index (χ1v) is 9.64. The van der Waals surface area contributed by atoms with Crippen LogP contribution in [0.25, 0.3) is 11.5 Å². The molecular weight excluding hydrogens is 405 g/mol. The van der Waals surface area contributed by atoms with Crippen molar-refractivity contribution >= 4 is 17.5 Å². The summed E-state index contributed by atoms with van der Waals surface area (Å²) < 4.78 is 19.2. The van der Waals surface area contributed by atoms with Crippen LogP contribution >= 0.6 is 11.6 Å². The Balaban J connectivity index is 1.60. The molecule has 4 aromatic rings. The lowest BCUT2D eigenvalue weighted by Crippen LogP contribution is -2.30. The summed E-state index contributed by atoms with van der Waals surface area (Å²) in [5.41, 5.74) is 2.20. The first kappa shape index (κ1) is 19.8. The van der Waals surface area contributed by atoms with Gasteiger partial charge in [-0.3, -0.25) is 4.79 Å². The molecule has 0 saturated carbocycles. The average molecular weight is 422 g/mol. The summed E-state index contributed by atoms with van der Waals surface area (Å²) >= 11 is 5.90. The highest BCUT2D eigenvalue weighted by molar-refractivity contribution is 6.30. The number of halogens is 2. The number of hydrogen-bond acceptors (Lipinski definition) is 4. The van der Waals surface area contributed by atoms with E-state index in [2.05, 4.69) is 15.5 Å². The van der Waals surface area contributed by atoms with Crippen LogP contribution in [-0.2, 0) is 11.2 Å². The van der Waals surface area contributed by atoms with Crippen LogP contribution in [0.5, 0.6) is 0 Å². The van der Waals surface area contributed by atoms with E-state index < -0.39 is 6.04 Å². The molecule has 1 amide bonds. The van der Waals surface area contributed by atoms with Crippen molar-refractivity contribution in [3.8, 4) is 11.5 Å². The molecule has 0 spiro atoms. The van der Waals surface area contributed by atoms with Crippen molar-refractivity contribution < 1.29 is 13.6 Å². The molecule has 1 aromatic heterocycles. The quantitative estimate of drug-likeness (QED) is 0.477. The Morgan fingerprint density at radius 2 is 1.67 bits per heavy atom. The number of carbonyl (C=O) groups excluding carboxylic acids is 1. The highest BCUT2D eigenvalue weighted by Crippen LogP contribution is 2.25. The third-order valence-corrected chi connectivity index (χ3v) is 4.75. The van der Waals surface area contributed by atoms with Gasteiger partial charge < -0.3 is 9.73 Å². The molecule has 0 saturated heterocycles. The zero-order valence-corrected chi connectivity index (χ0v) is 16.5. The van der Waals surface area contributed by atoms with E-state index in [4.69, 9.17) is 16.0 Å². The third kappa shape index (κ3) is 4.72. The van der Waals surface area contributed by atoms with E-state index in [1.807, 2.05) is 30.3 Å². The molecule has 5 nitrogen and oxygen atoms in total. The molecule has 30 heavy (non-hydrogen) atoms.